The molecular formula is C35H44N6O4. The second-order valence-electron chi connectivity index (χ2n) is 12.6. The maximum absolute atomic E-state index is 13.7. The second kappa shape index (κ2) is 14.3. The van der Waals surface area contributed by atoms with Gasteiger partial charge in [-0.15, -0.1) is 0 Å². The molecule has 3 saturated heterocycles. The SMILES string of the molecule is Cc1cc2cc(NC(=N[C@H]3CCCCN(CC(=O)N4CCCC4)C3=O)NC(=O)C3CCN(Cc4ccccc4)CC3)ccc2o1. The number of aliphatic imine (C=N–C) groups is 1. The third-order valence-corrected chi connectivity index (χ3v) is 9.17. The number of hydrogen-bond acceptors (Lipinski definition) is 6. The second-order valence-corrected chi connectivity index (χ2v) is 12.6. The number of guanidine groups is 1. The largest absolute Gasteiger partial charge is 0.461 e. The Bertz CT molecular complexity index is 1520. The summed E-state index contributed by atoms with van der Waals surface area (Å²) < 4.78 is 5.73. The smallest absolute Gasteiger partial charge is 0.247 e. The molecule has 3 fully saturated rings. The molecule has 3 aliphatic heterocycles. The fourth-order valence-electron chi connectivity index (χ4n) is 6.65. The zero-order valence-corrected chi connectivity index (χ0v) is 26.2. The van der Waals surface area contributed by atoms with Crippen LogP contribution in [0, 0.1) is 12.8 Å². The molecule has 6 rings (SSSR count). The van der Waals surface area contributed by atoms with Crippen molar-refractivity contribution in [3.05, 3.63) is 65.9 Å². The van der Waals surface area contributed by atoms with Gasteiger partial charge in [0.05, 0.1) is 6.54 Å². The first-order valence-electron chi connectivity index (χ1n) is 16.4. The number of nitrogens with one attached hydrogen (secondary N) is 2. The quantitative estimate of drug-likeness (QED) is 0.300. The Morgan fingerprint density at radius 1 is 0.911 bits per heavy atom. The molecule has 10 heteroatoms. The highest BCUT2D eigenvalue weighted by atomic mass is 16.3. The van der Waals surface area contributed by atoms with Gasteiger partial charge in [0, 0.05) is 43.2 Å². The molecule has 2 aromatic carbocycles. The molecule has 0 aliphatic carbocycles. The van der Waals surface area contributed by atoms with E-state index >= 15 is 0 Å². The third-order valence-electron chi connectivity index (χ3n) is 9.17. The van der Waals surface area contributed by atoms with E-state index in [0.29, 0.717) is 13.0 Å². The summed E-state index contributed by atoms with van der Waals surface area (Å²) in [5.41, 5.74) is 2.79. The molecule has 3 aliphatic rings. The van der Waals surface area contributed by atoms with E-state index in [9.17, 15) is 14.4 Å². The summed E-state index contributed by atoms with van der Waals surface area (Å²) in [6.45, 7) is 6.59. The van der Waals surface area contributed by atoms with Gasteiger partial charge in [-0.05, 0) is 94.8 Å². The normalized spacial score (nSPS) is 20.4. The first kappa shape index (κ1) is 30.8. The lowest BCUT2D eigenvalue weighted by molar-refractivity contribution is -0.140. The highest BCUT2D eigenvalue weighted by molar-refractivity contribution is 6.06. The molecule has 3 amide bonds. The predicted octanol–water partition coefficient (Wildman–Crippen LogP) is 4.54. The number of carbonyl (C=O) groups excluding carboxylic acids is 3. The number of carbonyl (C=O) groups is 3. The van der Waals surface area contributed by atoms with Gasteiger partial charge in [0.1, 0.15) is 17.4 Å². The molecule has 0 bridgehead atoms. The van der Waals surface area contributed by atoms with Crippen LogP contribution in [-0.2, 0) is 20.9 Å². The van der Waals surface area contributed by atoms with Crippen LogP contribution in [0.25, 0.3) is 11.0 Å². The minimum atomic E-state index is -0.686. The van der Waals surface area contributed by atoms with Gasteiger partial charge >= 0.3 is 0 Å². The highest BCUT2D eigenvalue weighted by Crippen LogP contribution is 2.24. The monoisotopic (exact) mass is 612 g/mol. The van der Waals surface area contributed by atoms with Crippen molar-refractivity contribution >= 4 is 40.3 Å². The number of piperidine rings is 1. The molecule has 0 spiro atoms. The van der Waals surface area contributed by atoms with Crippen molar-refractivity contribution in [3.8, 4) is 0 Å². The molecule has 2 N–H and O–H groups in total. The number of amides is 3. The van der Waals surface area contributed by atoms with Crippen LogP contribution < -0.4 is 10.6 Å². The van der Waals surface area contributed by atoms with Crippen molar-refractivity contribution in [1.82, 2.24) is 20.0 Å². The minimum Gasteiger partial charge on any atom is -0.461 e. The number of nitrogens with zero attached hydrogens (tertiary/aromatic N) is 4. The third kappa shape index (κ3) is 7.92. The summed E-state index contributed by atoms with van der Waals surface area (Å²) in [5, 5.41) is 7.29. The standard InChI is InChI=1S/C35H44N6O4/c1-25-21-28-22-29(12-13-31(28)45-25)36-35(38-33(43)27-14-19-39(20-15-27)23-26-9-3-2-4-10-26)37-30-11-5-6-18-41(34(30)44)24-32(42)40-16-7-8-17-40/h2-4,9-10,12-13,21-22,27,30H,5-8,11,14-20,23-24H2,1H3,(H2,36,37,38,43)/t30-/m0/s1. The van der Waals surface area contributed by atoms with Crippen molar-refractivity contribution in [2.45, 2.75) is 64.5 Å². The van der Waals surface area contributed by atoms with Gasteiger partial charge in [0.15, 0.2) is 0 Å². The van der Waals surface area contributed by atoms with Gasteiger partial charge in [-0.2, -0.15) is 0 Å². The minimum absolute atomic E-state index is 0.000513. The van der Waals surface area contributed by atoms with Gasteiger partial charge in [-0.1, -0.05) is 30.3 Å². The van der Waals surface area contributed by atoms with Crippen LogP contribution in [0.4, 0.5) is 5.69 Å². The fraction of sp³-hybridized carbons (Fsp3) is 0.486. The summed E-state index contributed by atoms with van der Waals surface area (Å²) >= 11 is 0. The van der Waals surface area contributed by atoms with Crippen molar-refractivity contribution in [1.29, 1.82) is 0 Å². The predicted molar refractivity (Wildman–Crippen MR) is 175 cm³/mol. The summed E-state index contributed by atoms with van der Waals surface area (Å²) in [6.07, 6.45) is 5.72. The Morgan fingerprint density at radius 2 is 1.67 bits per heavy atom. The van der Waals surface area contributed by atoms with Gasteiger partial charge in [-0.25, -0.2) is 4.99 Å². The van der Waals surface area contributed by atoms with Gasteiger partial charge in [-0.3, -0.25) is 24.6 Å². The lowest BCUT2D eigenvalue weighted by atomic mass is 9.95. The fourth-order valence-corrected chi connectivity index (χ4v) is 6.65. The summed E-state index contributed by atoms with van der Waals surface area (Å²) in [7, 11) is 0. The number of fused-ring (bicyclic) bond motifs is 1. The Morgan fingerprint density at radius 3 is 2.44 bits per heavy atom. The molecular weight excluding hydrogens is 568 g/mol. The Kier molecular flexibility index (Phi) is 9.78. The molecule has 0 radical (unpaired) electrons. The molecule has 1 aromatic heterocycles. The summed E-state index contributed by atoms with van der Waals surface area (Å²) in [5.74, 6) is 0.668. The van der Waals surface area contributed by atoms with E-state index < -0.39 is 6.04 Å². The van der Waals surface area contributed by atoms with Gasteiger partial charge in [0.2, 0.25) is 23.7 Å². The van der Waals surface area contributed by atoms with Crippen LogP contribution in [0.15, 0.2) is 64.0 Å². The molecule has 0 unspecified atom stereocenters. The number of hydrogen-bond donors (Lipinski definition) is 2. The zero-order chi connectivity index (χ0) is 31.2. The van der Waals surface area contributed by atoms with Crippen LogP contribution in [-0.4, -0.2) is 83.7 Å². The van der Waals surface area contributed by atoms with E-state index in [1.165, 1.54) is 5.56 Å². The highest BCUT2D eigenvalue weighted by Gasteiger charge is 2.31. The Balaban J connectivity index is 1.17. The van der Waals surface area contributed by atoms with Crippen molar-refractivity contribution in [3.63, 3.8) is 0 Å². The van der Waals surface area contributed by atoms with Crippen LogP contribution in [0.3, 0.4) is 0 Å². The number of benzene rings is 2. The number of likely N-dealkylation sites (tertiary alicyclic amines) is 3. The zero-order valence-electron chi connectivity index (χ0n) is 26.2. The first-order chi connectivity index (χ1) is 21.9. The van der Waals surface area contributed by atoms with Crippen LogP contribution in [0.1, 0.15) is 56.3 Å². The van der Waals surface area contributed by atoms with E-state index in [1.807, 2.05) is 42.2 Å². The molecule has 0 saturated carbocycles. The molecule has 3 aromatic rings. The van der Waals surface area contributed by atoms with Crippen molar-refractivity contribution < 1.29 is 18.8 Å². The lowest BCUT2D eigenvalue weighted by Gasteiger charge is -2.31. The number of rotatable bonds is 7. The Labute approximate surface area is 264 Å². The van der Waals surface area contributed by atoms with Gasteiger partial charge in [0.25, 0.3) is 0 Å². The van der Waals surface area contributed by atoms with E-state index in [-0.39, 0.29) is 36.1 Å². The molecule has 45 heavy (non-hydrogen) atoms. The number of anilines is 1. The Hall–Kier alpha value is -4.18. The molecule has 1 atom stereocenters. The van der Waals surface area contributed by atoms with Crippen LogP contribution in [0.2, 0.25) is 0 Å². The van der Waals surface area contributed by atoms with E-state index in [4.69, 9.17) is 9.41 Å². The summed E-state index contributed by atoms with van der Waals surface area (Å²) in [6, 6.07) is 17.4. The first-order valence-corrected chi connectivity index (χ1v) is 16.4. The molecule has 10 nitrogen and oxygen atoms in total. The average Bonchev–Trinajstić information content (AvgIpc) is 3.68. The topological polar surface area (TPSA) is 110 Å². The summed E-state index contributed by atoms with van der Waals surface area (Å²) in [4.78, 5) is 51.0. The van der Waals surface area contributed by atoms with Crippen LogP contribution >= 0.6 is 0 Å². The van der Waals surface area contributed by atoms with Crippen molar-refractivity contribution in [2.24, 2.45) is 10.9 Å². The van der Waals surface area contributed by atoms with E-state index in [0.717, 1.165) is 93.7 Å². The lowest BCUT2D eigenvalue weighted by Crippen LogP contribution is -2.47. The van der Waals surface area contributed by atoms with Crippen molar-refractivity contribution in [2.75, 3.05) is 44.6 Å². The van der Waals surface area contributed by atoms with E-state index in [1.54, 1.807) is 4.90 Å². The number of furan rings is 1. The van der Waals surface area contributed by atoms with Gasteiger partial charge < -0.3 is 19.5 Å². The maximum Gasteiger partial charge on any atom is 0.247 e. The van der Waals surface area contributed by atoms with Crippen LogP contribution in [0.5, 0.6) is 0 Å². The average molecular weight is 613 g/mol. The molecule has 4 heterocycles. The number of aryl methyl sites for hydroxylation is 1. The molecule has 238 valence electrons. The maximum atomic E-state index is 13.7. The van der Waals surface area contributed by atoms with E-state index in [2.05, 4.69) is 39.8 Å².